The molecule has 72 valence electrons. The fraction of sp³-hybridized carbons (Fsp3) is 1.00. The lowest BCUT2D eigenvalue weighted by Crippen LogP contribution is -2.48. The summed E-state index contributed by atoms with van der Waals surface area (Å²) in [5.41, 5.74) is 0.284. The van der Waals surface area contributed by atoms with E-state index >= 15 is 0 Å². The van der Waals surface area contributed by atoms with Gasteiger partial charge in [-0.3, -0.25) is 0 Å². The first-order valence-electron chi connectivity index (χ1n) is 5.03. The monoisotopic (exact) mass is 170 g/mol. The molecule has 1 rings (SSSR count). The van der Waals surface area contributed by atoms with E-state index in [2.05, 4.69) is 37.9 Å². The first kappa shape index (κ1) is 10.0. The van der Waals surface area contributed by atoms with Crippen LogP contribution in [0.25, 0.3) is 0 Å². The van der Waals surface area contributed by atoms with Gasteiger partial charge in [0.15, 0.2) is 0 Å². The van der Waals surface area contributed by atoms with Gasteiger partial charge in [-0.25, -0.2) is 0 Å². The lowest BCUT2D eigenvalue weighted by atomic mass is 10.0. The zero-order valence-electron chi connectivity index (χ0n) is 8.85. The molecule has 0 aliphatic carbocycles. The summed E-state index contributed by atoms with van der Waals surface area (Å²) < 4.78 is 0. The molecule has 1 fully saturated rings. The Bertz CT molecular complexity index is 143. The van der Waals surface area contributed by atoms with Crippen molar-refractivity contribution in [1.29, 1.82) is 0 Å². The van der Waals surface area contributed by atoms with Crippen molar-refractivity contribution in [3.05, 3.63) is 0 Å². The Kier molecular flexibility index (Phi) is 3.13. The van der Waals surface area contributed by atoms with Crippen molar-refractivity contribution in [1.82, 2.24) is 10.2 Å². The Labute approximate surface area is 76.3 Å². The topological polar surface area (TPSA) is 15.3 Å². The molecular weight excluding hydrogens is 148 g/mol. The first-order valence-corrected chi connectivity index (χ1v) is 5.03. The van der Waals surface area contributed by atoms with Gasteiger partial charge in [-0.05, 0) is 40.3 Å². The second-order valence-electron chi connectivity index (χ2n) is 4.59. The summed E-state index contributed by atoms with van der Waals surface area (Å²) in [6, 6.07) is 0.663. The zero-order chi connectivity index (χ0) is 9.19. The second-order valence-corrected chi connectivity index (χ2v) is 4.59. The van der Waals surface area contributed by atoms with Gasteiger partial charge in [0.1, 0.15) is 0 Å². The number of nitrogens with zero attached hydrogens (tertiary/aromatic N) is 1. The number of rotatable bonds is 1. The summed E-state index contributed by atoms with van der Waals surface area (Å²) in [7, 11) is 0. The summed E-state index contributed by atoms with van der Waals surface area (Å²) in [6.45, 7) is 12.7. The van der Waals surface area contributed by atoms with Gasteiger partial charge in [-0.15, -0.1) is 0 Å². The third kappa shape index (κ3) is 2.76. The SMILES string of the molecule is CCN1CCC(C)NC(C)(C)C1. The van der Waals surface area contributed by atoms with E-state index in [0.29, 0.717) is 6.04 Å². The molecule has 1 aliphatic heterocycles. The van der Waals surface area contributed by atoms with Crippen LogP contribution < -0.4 is 5.32 Å². The summed E-state index contributed by atoms with van der Waals surface area (Å²) in [5.74, 6) is 0. The van der Waals surface area contributed by atoms with Gasteiger partial charge in [0, 0.05) is 18.1 Å². The van der Waals surface area contributed by atoms with E-state index in [1.54, 1.807) is 0 Å². The molecule has 0 spiro atoms. The number of hydrogen-bond donors (Lipinski definition) is 1. The lowest BCUT2D eigenvalue weighted by Gasteiger charge is -2.30. The van der Waals surface area contributed by atoms with E-state index < -0.39 is 0 Å². The van der Waals surface area contributed by atoms with Crippen LogP contribution in [0.5, 0.6) is 0 Å². The van der Waals surface area contributed by atoms with Gasteiger partial charge < -0.3 is 10.2 Å². The lowest BCUT2D eigenvalue weighted by molar-refractivity contribution is 0.239. The smallest absolute Gasteiger partial charge is 0.0254 e. The maximum absolute atomic E-state index is 3.64. The van der Waals surface area contributed by atoms with E-state index in [9.17, 15) is 0 Å². The van der Waals surface area contributed by atoms with Crippen molar-refractivity contribution in [2.45, 2.75) is 45.7 Å². The first-order chi connectivity index (χ1) is 5.53. The van der Waals surface area contributed by atoms with Crippen molar-refractivity contribution >= 4 is 0 Å². The highest BCUT2D eigenvalue weighted by Crippen LogP contribution is 2.13. The predicted molar refractivity (Wildman–Crippen MR) is 53.4 cm³/mol. The van der Waals surface area contributed by atoms with E-state index in [0.717, 1.165) is 0 Å². The van der Waals surface area contributed by atoms with Gasteiger partial charge >= 0.3 is 0 Å². The van der Waals surface area contributed by atoms with Crippen LogP contribution in [-0.4, -0.2) is 36.1 Å². The fourth-order valence-corrected chi connectivity index (χ4v) is 2.07. The Morgan fingerprint density at radius 2 is 2.17 bits per heavy atom. The molecule has 1 saturated heterocycles. The standard InChI is InChI=1S/C10H22N2/c1-5-12-7-6-9(2)11-10(3,4)8-12/h9,11H,5-8H2,1-4H3. The minimum absolute atomic E-state index is 0.284. The number of likely N-dealkylation sites (N-methyl/N-ethyl adjacent to an activating group) is 1. The fourth-order valence-electron chi connectivity index (χ4n) is 2.07. The normalized spacial score (nSPS) is 31.5. The Hall–Kier alpha value is -0.0800. The van der Waals surface area contributed by atoms with Crippen molar-refractivity contribution in [3.63, 3.8) is 0 Å². The van der Waals surface area contributed by atoms with E-state index in [-0.39, 0.29) is 5.54 Å². The molecular formula is C10H22N2. The molecule has 1 N–H and O–H groups in total. The average Bonchev–Trinajstić information content (AvgIpc) is 2.07. The molecule has 0 amide bonds. The van der Waals surface area contributed by atoms with Gasteiger partial charge in [0.2, 0.25) is 0 Å². The Morgan fingerprint density at radius 1 is 1.50 bits per heavy atom. The highest BCUT2D eigenvalue weighted by atomic mass is 15.2. The molecule has 0 aromatic rings. The largest absolute Gasteiger partial charge is 0.308 e. The van der Waals surface area contributed by atoms with Crippen LogP contribution in [0.15, 0.2) is 0 Å². The number of hydrogen-bond acceptors (Lipinski definition) is 2. The minimum atomic E-state index is 0.284. The van der Waals surface area contributed by atoms with Crippen LogP contribution in [0.1, 0.15) is 34.1 Å². The average molecular weight is 170 g/mol. The van der Waals surface area contributed by atoms with Gasteiger partial charge in [-0.1, -0.05) is 6.92 Å². The summed E-state index contributed by atoms with van der Waals surface area (Å²) >= 11 is 0. The van der Waals surface area contributed by atoms with Crippen LogP contribution in [-0.2, 0) is 0 Å². The van der Waals surface area contributed by atoms with Crippen LogP contribution in [0, 0.1) is 0 Å². The third-order valence-electron chi connectivity index (χ3n) is 2.58. The minimum Gasteiger partial charge on any atom is -0.308 e. The quantitative estimate of drug-likeness (QED) is 0.641. The zero-order valence-corrected chi connectivity index (χ0v) is 8.85. The van der Waals surface area contributed by atoms with E-state index in [1.807, 2.05) is 0 Å². The maximum atomic E-state index is 3.64. The van der Waals surface area contributed by atoms with Crippen molar-refractivity contribution in [2.24, 2.45) is 0 Å². The molecule has 1 unspecified atom stereocenters. The van der Waals surface area contributed by atoms with Gasteiger partial charge in [0.25, 0.3) is 0 Å². The molecule has 0 bridgehead atoms. The van der Waals surface area contributed by atoms with Crippen LogP contribution in [0.4, 0.5) is 0 Å². The van der Waals surface area contributed by atoms with Crippen LogP contribution >= 0.6 is 0 Å². The van der Waals surface area contributed by atoms with Gasteiger partial charge in [-0.2, -0.15) is 0 Å². The highest BCUT2D eigenvalue weighted by Gasteiger charge is 2.25. The van der Waals surface area contributed by atoms with Gasteiger partial charge in [0.05, 0.1) is 0 Å². The Balaban J connectivity index is 2.56. The molecule has 1 heterocycles. The molecule has 1 atom stereocenters. The van der Waals surface area contributed by atoms with Crippen molar-refractivity contribution < 1.29 is 0 Å². The summed E-state index contributed by atoms with van der Waals surface area (Å²) in [5, 5.41) is 3.64. The third-order valence-corrected chi connectivity index (χ3v) is 2.58. The Morgan fingerprint density at radius 3 is 2.75 bits per heavy atom. The maximum Gasteiger partial charge on any atom is 0.0254 e. The molecule has 1 aliphatic rings. The van der Waals surface area contributed by atoms with E-state index in [4.69, 9.17) is 0 Å². The number of nitrogens with one attached hydrogen (secondary N) is 1. The molecule has 0 radical (unpaired) electrons. The van der Waals surface area contributed by atoms with E-state index in [1.165, 1.54) is 26.1 Å². The highest BCUT2D eigenvalue weighted by molar-refractivity contribution is 4.87. The molecule has 0 saturated carbocycles. The molecule has 0 aromatic carbocycles. The summed E-state index contributed by atoms with van der Waals surface area (Å²) in [6.07, 6.45) is 1.28. The van der Waals surface area contributed by atoms with Crippen LogP contribution in [0.3, 0.4) is 0 Å². The molecule has 2 heteroatoms. The summed E-state index contributed by atoms with van der Waals surface area (Å²) in [4.78, 5) is 2.52. The van der Waals surface area contributed by atoms with Crippen molar-refractivity contribution in [3.8, 4) is 0 Å². The van der Waals surface area contributed by atoms with Crippen LogP contribution in [0.2, 0.25) is 0 Å². The second kappa shape index (κ2) is 3.75. The molecule has 12 heavy (non-hydrogen) atoms. The van der Waals surface area contributed by atoms with Crippen molar-refractivity contribution in [2.75, 3.05) is 19.6 Å². The molecule has 2 nitrogen and oxygen atoms in total. The molecule has 0 aromatic heterocycles. The predicted octanol–water partition coefficient (Wildman–Crippen LogP) is 1.47.